The molecule has 0 aromatic heterocycles. The van der Waals surface area contributed by atoms with Gasteiger partial charge in [-0.3, -0.25) is 14.9 Å². The molecule has 0 unspecified atom stereocenters. The van der Waals surface area contributed by atoms with E-state index in [2.05, 4.69) is 5.32 Å². The molecule has 2 aromatic rings. The molecule has 148 valence electrons. The summed E-state index contributed by atoms with van der Waals surface area (Å²) in [6.45, 7) is 3.77. The topological polar surface area (TPSA) is 108 Å². The molecule has 0 aliphatic rings. The van der Waals surface area contributed by atoms with Gasteiger partial charge in [-0.2, -0.15) is 0 Å². The maximum Gasteiger partial charge on any atom is 0.338 e. The molecular weight excluding hydrogens is 371 g/mol. The van der Waals surface area contributed by atoms with Gasteiger partial charge in [0.25, 0.3) is 11.6 Å². The van der Waals surface area contributed by atoms with Gasteiger partial charge < -0.3 is 14.8 Å². The van der Waals surface area contributed by atoms with Gasteiger partial charge in [-0.05, 0) is 30.2 Å². The van der Waals surface area contributed by atoms with E-state index in [1.165, 1.54) is 12.1 Å². The number of carbonyl (C=O) groups excluding carboxylic acids is 2. The molecule has 1 amide bonds. The lowest BCUT2D eigenvalue weighted by atomic mass is 10.2. The third-order valence-electron chi connectivity index (χ3n) is 3.42. The van der Waals surface area contributed by atoms with Crippen LogP contribution in [0.25, 0.3) is 0 Å². The summed E-state index contributed by atoms with van der Waals surface area (Å²) in [5.41, 5.74) is -0.568. The maximum atomic E-state index is 13.7. The van der Waals surface area contributed by atoms with E-state index in [-0.39, 0.29) is 16.9 Å². The number of nitrogens with zero attached hydrogens (tertiary/aromatic N) is 1. The van der Waals surface area contributed by atoms with Gasteiger partial charge in [-0.1, -0.05) is 19.9 Å². The van der Waals surface area contributed by atoms with Crippen molar-refractivity contribution in [3.8, 4) is 5.75 Å². The first-order chi connectivity index (χ1) is 13.3. The van der Waals surface area contributed by atoms with Crippen LogP contribution in [0.3, 0.4) is 0 Å². The first-order valence-electron chi connectivity index (χ1n) is 8.40. The van der Waals surface area contributed by atoms with Crippen LogP contribution in [0.5, 0.6) is 5.75 Å². The number of nitrogens with one attached hydrogen (secondary N) is 1. The summed E-state index contributed by atoms with van der Waals surface area (Å²) < 4.78 is 24.1. The molecule has 2 aromatic carbocycles. The van der Waals surface area contributed by atoms with Crippen LogP contribution in [0.1, 0.15) is 24.2 Å². The van der Waals surface area contributed by atoms with E-state index in [4.69, 9.17) is 9.47 Å². The second-order valence-electron chi connectivity index (χ2n) is 6.28. The molecule has 0 saturated carbocycles. The van der Waals surface area contributed by atoms with Crippen LogP contribution in [-0.4, -0.2) is 30.0 Å². The Morgan fingerprint density at radius 2 is 1.96 bits per heavy atom. The third-order valence-corrected chi connectivity index (χ3v) is 3.42. The summed E-state index contributed by atoms with van der Waals surface area (Å²) in [5.74, 6) is -1.63. The van der Waals surface area contributed by atoms with Crippen LogP contribution in [0.4, 0.5) is 15.8 Å². The zero-order valence-electron chi connectivity index (χ0n) is 15.3. The Hall–Kier alpha value is -3.49. The zero-order valence-corrected chi connectivity index (χ0v) is 15.3. The summed E-state index contributed by atoms with van der Waals surface area (Å²) in [6, 6.07) is 9.01. The average Bonchev–Trinajstić information content (AvgIpc) is 2.66. The number of esters is 1. The molecule has 0 fully saturated rings. The van der Waals surface area contributed by atoms with Crippen LogP contribution in [0.15, 0.2) is 42.5 Å². The Morgan fingerprint density at radius 1 is 1.21 bits per heavy atom. The van der Waals surface area contributed by atoms with Crippen LogP contribution in [-0.2, 0) is 9.53 Å². The Morgan fingerprint density at radius 3 is 2.64 bits per heavy atom. The van der Waals surface area contributed by atoms with Crippen molar-refractivity contribution >= 4 is 23.3 Å². The van der Waals surface area contributed by atoms with E-state index < -0.39 is 29.2 Å². The number of non-ortho nitro benzene ring substituents is 1. The van der Waals surface area contributed by atoms with Crippen LogP contribution in [0.2, 0.25) is 0 Å². The molecule has 0 saturated heterocycles. The molecule has 0 spiro atoms. The van der Waals surface area contributed by atoms with Crippen molar-refractivity contribution in [2.75, 3.05) is 18.5 Å². The van der Waals surface area contributed by atoms with Gasteiger partial charge in [0.05, 0.1) is 22.8 Å². The highest BCUT2D eigenvalue weighted by Crippen LogP contribution is 2.21. The molecule has 0 atom stereocenters. The molecule has 9 heteroatoms. The van der Waals surface area contributed by atoms with Crippen LogP contribution >= 0.6 is 0 Å². The number of halogens is 1. The fourth-order valence-corrected chi connectivity index (χ4v) is 2.10. The smallest absolute Gasteiger partial charge is 0.338 e. The van der Waals surface area contributed by atoms with Crippen molar-refractivity contribution in [2.45, 2.75) is 13.8 Å². The molecule has 0 aliphatic heterocycles. The van der Waals surface area contributed by atoms with Gasteiger partial charge >= 0.3 is 5.97 Å². The number of benzene rings is 2. The number of ether oxygens (including phenoxy) is 2. The number of rotatable bonds is 8. The van der Waals surface area contributed by atoms with E-state index in [1.807, 2.05) is 13.8 Å². The Bertz CT molecular complexity index is 884. The normalized spacial score (nSPS) is 10.4. The van der Waals surface area contributed by atoms with Gasteiger partial charge in [-0.15, -0.1) is 0 Å². The lowest BCUT2D eigenvalue weighted by Gasteiger charge is -2.10. The van der Waals surface area contributed by atoms with Crippen molar-refractivity contribution in [2.24, 2.45) is 5.92 Å². The number of hydrogen-bond donors (Lipinski definition) is 1. The highest BCUT2D eigenvalue weighted by molar-refractivity contribution is 5.95. The number of hydrogen-bond acceptors (Lipinski definition) is 6. The minimum Gasteiger partial charge on any atom is -0.493 e. The van der Waals surface area contributed by atoms with Crippen molar-refractivity contribution in [3.05, 3.63) is 64.0 Å². The van der Waals surface area contributed by atoms with E-state index in [9.17, 15) is 24.1 Å². The fraction of sp³-hybridized carbons (Fsp3) is 0.263. The monoisotopic (exact) mass is 390 g/mol. The molecule has 0 heterocycles. The lowest BCUT2D eigenvalue weighted by molar-refractivity contribution is -0.384. The standard InChI is InChI=1S/C19H19FN2O6/c1-12(2)10-27-15-5-3-4-13(8-15)19(24)28-11-18(23)21-17-9-14(22(25)26)6-7-16(17)20/h3-9,12H,10-11H2,1-2H3,(H,21,23). The van der Waals surface area contributed by atoms with Crippen LogP contribution in [0, 0.1) is 21.8 Å². The SMILES string of the molecule is CC(C)COc1cccc(C(=O)OCC(=O)Nc2cc([N+](=O)[O-])ccc2F)c1. The summed E-state index contributed by atoms with van der Waals surface area (Å²) >= 11 is 0. The second-order valence-corrected chi connectivity index (χ2v) is 6.28. The summed E-state index contributed by atoms with van der Waals surface area (Å²) in [5, 5.41) is 12.9. The number of anilines is 1. The minimum atomic E-state index is -0.847. The van der Waals surface area contributed by atoms with Crippen molar-refractivity contribution in [3.63, 3.8) is 0 Å². The maximum absolute atomic E-state index is 13.7. The third kappa shape index (κ3) is 6.04. The predicted octanol–water partition coefficient (Wildman–Crippen LogP) is 3.56. The summed E-state index contributed by atoms with van der Waals surface area (Å²) in [6.07, 6.45) is 0. The number of nitro benzene ring substituents is 1. The quantitative estimate of drug-likeness (QED) is 0.419. The molecule has 1 N–H and O–H groups in total. The van der Waals surface area contributed by atoms with Gasteiger partial charge in [0.2, 0.25) is 0 Å². The van der Waals surface area contributed by atoms with Crippen molar-refractivity contribution in [1.82, 2.24) is 0 Å². The van der Waals surface area contributed by atoms with Crippen molar-refractivity contribution in [1.29, 1.82) is 0 Å². The fourth-order valence-electron chi connectivity index (χ4n) is 2.10. The molecule has 8 nitrogen and oxygen atoms in total. The second kappa shape index (κ2) is 9.45. The summed E-state index contributed by atoms with van der Waals surface area (Å²) in [7, 11) is 0. The minimum absolute atomic E-state index is 0.190. The molecule has 28 heavy (non-hydrogen) atoms. The van der Waals surface area contributed by atoms with E-state index in [0.717, 1.165) is 18.2 Å². The number of carbonyl (C=O) groups is 2. The summed E-state index contributed by atoms with van der Waals surface area (Å²) in [4.78, 5) is 34.0. The first kappa shape index (κ1) is 20.8. The van der Waals surface area contributed by atoms with Gasteiger partial charge in [-0.25, -0.2) is 9.18 Å². The number of nitro groups is 1. The first-order valence-corrected chi connectivity index (χ1v) is 8.40. The Balaban J connectivity index is 1.94. The molecule has 0 aliphatic carbocycles. The number of amides is 1. The highest BCUT2D eigenvalue weighted by atomic mass is 19.1. The largest absolute Gasteiger partial charge is 0.493 e. The van der Waals surface area contributed by atoms with E-state index in [1.54, 1.807) is 12.1 Å². The van der Waals surface area contributed by atoms with Crippen molar-refractivity contribution < 1.29 is 28.4 Å². The predicted molar refractivity (Wildman–Crippen MR) is 98.7 cm³/mol. The van der Waals surface area contributed by atoms with E-state index in [0.29, 0.717) is 18.3 Å². The molecule has 2 rings (SSSR count). The average molecular weight is 390 g/mol. The Kier molecular flexibility index (Phi) is 7.02. The molecule has 0 bridgehead atoms. The van der Waals surface area contributed by atoms with Gasteiger partial charge in [0, 0.05) is 12.1 Å². The molecule has 0 radical (unpaired) electrons. The lowest BCUT2D eigenvalue weighted by Crippen LogP contribution is -2.21. The highest BCUT2D eigenvalue weighted by Gasteiger charge is 2.15. The van der Waals surface area contributed by atoms with Crippen LogP contribution < -0.4 is 10.1 Å². The van der Waals surface area contributed by atoms with Gasteiger partial charge in [0.1, 0.15) is 11.6 Å². The van der Waals surface area contributed by atoms with E-state index >= 15 is 0 Å². The Labute approximate surface area is 160 Å². The van der Waals surface area contributed by atoms with Gasteiger partial charge in [0.15, 0.2) is 6.61 Å². The molecular formula is C19H19FN2O6. The zero-order chi connectivity index (χ0) is 20.7.